The van der Waals surface area contributed by atoms with Crippen molar-refractivity contribution in [2.24, 2.45) is 5.92 Å². The van der Waals surface area contributed by atoms with E-state index in [0.29, 0.717) is 24.0 Å². The number of likely N-dealkylation sites (N-methyl/N-ethyl adjacent to an activating group) is 1. The van der Waals surface area contributed by atoms with Gasteiger partial charge >= 0.3 is 24.3 Å². The van der Waals surface area contributed by atoms with Gasteiger partial charge in [-0.3, -0.25) is 14.8 Å². The van der Waals surface area contributed by atoms with Crippen molar-refractivity contribution in [1.29, 1.82) is 5.26 Å². The number of hydrogen-bond donors (Lipinski definition) is 2. The Morgan fingerprint density at radius 3 is 2.15 bits per heavy atom. The van der Waals surface area contributed by atoms with Crippen molar-refractivity contribution in [1.82, 2.24) is 19.8 Å². The number of carboxylic acids is 2. The Balaban J connectivity index is 0.000000333. The summed E-state index contributed by atoms with van der Waals surface area (Å²) in [6.45, 7) is 4.90. The van der Waals surface area contributed by atoms with E-state index in [4.69, 9.17) is 29.8 Å². The largest absolute Gasteiger partial charge is 0.490 e. The molecule has 0 amide bonds. The zero-order valence-electron chi connectivity index (χ0n) is 21.0. The van der Waals surface area contributed by atoms with Gasteiger partial charge in [-0.2, -0.15) is 31.6 Å². The van der Waals surface area contributed by atoms with Crippen LogP contribution in [0.25, 0.3) is 0 Å². The summed E-state index contributed by atoms with van der Waals surface area (Å²) in [4.78, 5) is 31.2. The Bertz CT molecular complexity index is 1140. The molecule has 2 saturated heterocycles. The average Bonchev–Trinajstić information content (AvgIpc) is 3.19. The van der Waals surface area contributed by atoms with Crippen molar-refractivity contribution in [2.45, 2.75) is 30.9 Å². The summed E-state index contributed by atoms with van der Waals surface area (Å²) in [5, 5.41) is 23.1. The number of carbonyl (C=O) groups is 2. The lowest BCUT2D eigenvalue weighted by molar-refractivity contribution is -0.193. The minimum atomic E-state index is -5.08. The summed E-state index contributed by atoms with van der Waals surface area (Å²) in [5.41, 5.74) is 2.11. The first-order valence-corrected chi connectivity index (χ1v) is 11.5. The van der Waals surface area contributed by atoms with Gasteiger partial charge in [-0.1, -0.05) is 6.07 Å². The van der Waals surface area contributed by atoms with Crippen LogP contribution < -0.4 is 4.74 Å². The molecule has 4 heterocycles. The molecule has 2 aromatic rings. The summed E-state index contributed by atoms with van der Waals surface area (Å²) in [6.07, 6.45) is -3.69. The SMILES string of the molecule is CN1CC(COc2ccc(C#N)cn2)CC12CN(Cc1cccnc1)C2.O=C(O)C(F)(F)F.O=C(O)C(F)(F)F. The number of likely N-dealkylation sites (tertiary alicyclic amines) is 2. The highest BCUT2D eigenvalue weighted by Gasteiger charge is 2.51. The molecule has 2 aliphatic heterocycles. The first kappa shape index (κ1) is 32.2. The Morgan fingerprint density at radius 1 is 1.10 bits per heavy atom. The van der Waals surface area contributed by atoms with E-state index in [9.17, 15) is 26.3 Å². The number of halogens is 6. The van der Waals surface area contributed by atoms with Crippen molar-refractivity contribution < 1.29 is 50.9 Å². The number of rotatable bonds is 5. The van der Waals surface area contributed by atoms with Crippen molar-refractivity contribution in [3.63, 3.8) is 0 Å². The molecule has 2 fully saturated rings. The molecule has 1 unspecified atom stereocenters. The van der Waals surface area contributed by atoms with Gasteiger partial charge in [0.2, 0.25) is 5.88 Å². The normalized spacial score (nSPS) is 18.3. The van der Waals surface area contributed by atoms with Gasteiger partial charge in [0.15, 0.2) is 0 Å². The zero-order chi connectivity index (χ0) is 30.1. The molecule has 16 heteroatoms. The number of alkyl halides is 6. The van der Waals surface area contributed by atoms with Crippen molar-refractivity contribution in [3.05, 3.63) is 54.0 Å². The third kappa shape index (κ3) is 9.65. The number of hydrogen-bond acceptors (Lipinski definition) is 8. The van der Waals surface area contributed by atoms with E-state index in [0.717, 1.165) is 32.6 Å². The fourth-order valence-electron chi connectivity index (χ4n) is 4.20. The maximum absolute atomic E-state index is 10.6. The molecule has 1 spiro atoms. The van der Waals surface area contributed by atoms with Gasteiger partial charge in [-0.05, 0) is 31.2 Å². The molecule has 2 aromatic heterocycles. The van der Waals surface area contributed by atoms with Crippen LogP contribution in [0.1, 0.15) is 17.5 Å². The fraction of sp³-hybridized carbons (Fsp3) is 0.458. The smallest absolute Gasteiger partial charge is 0.477 e. The van der Waals surface area contributed by atoms with Crippen molar-refractivity contribution in [3.8, 4) is 11.9 Å². The van der Waals surface area contributed by atoms with Crippen LogP contribution in [0.3, 0.4) is 0 Å². The van der Waals surface area contributed by atoms with Crippen molar-refractivity contribution in [2.75, 3.05) is 33.3 Å². The minimum absolute atomic E-state index is 0.286. The second kappa shape index (κ2) is 13.4. The van der Waals surface area contributed by atoms with Crippen LogP contribution in [0.15, 0.2) is 42.9 Å². The van der Waals surface area contributed by atoms with E-state index < -0.39 is 24.3 Å². The van der Waals surface area contributed by atoms with E-state index in [2.05, 4.69) is 39.0 Å². The fourth-order valence-corrected chi connectivity index (χ4v) is 4.20. The Morgan fingerprint density at radius 2 is 1.70 bits per heavy atom. The molecule has 10 nitrogen and oxygen atoms in total. The third-order valence-corrected chi connectivity index (χ3v) is 5.99. The number of carboxylic acid groups (broad SMARTS) is 2. The highest BCUT2D eigenvalue weighted by Crippen LogP contribution is 2.40. The summed E-state index contributed by atoms with van der Waals surface area (Å²) >= 11 is 0. The van der Waals surface area contributed by atoms with Gasteiger partial charge in [0.25, 0.3) is 0 Å². The van der Waals surface area contributed by atoms with Crippen LogP contribution in [0.5, 0.6) is 5.88 Å². The van der Waals surface area contributed by atoms with Crippen molar-refractivity contribution >= 4 is 11.9 Å². The molecule has 4 rings (SSSR count). The summed E-state index contributed by atoms with van der Waals surface area (Å²) in [6, 6.07) is 9.72. The van der Waals surface area contributed by atoms with Crippen LogP contribution in [0, 0.1) is 17.2 Å². The number of aliphatic carboxylic acids is 2. The van der Waals surface area contributed by atoms with Gasteiger partial charge in [0, 0.05) is 62.3 Å². The summed E-state index contributed by atoms with van der Waals surface area (Å²) in [5.74, 6) is -4.41. The molecule has 40 heavy (non-hydrogen) atoms. The highest BCUT2D eigenvalue weighted by atomic mass is 19.4. The number of nitriles is 1. The predicted octanol–water partition coefficient (Wildman–Crippen LogP) is 3.20. The van der Waals surface area contributed by atoms with Crippen LogP contribution >= 0.6 is 0 Å². The second-order valence-corrected chi connectivity index (χ2v) is 9.10. The topological polar surface area (TPSA) is 140 Å². The lowest BCUT2D eigenvalue weighted by Gasteiger charge is -2.52. The van der Waals surface area contributed by atoms with E-state index >= 15 is 0 Å². The van der Waals surface area contributed by atoms with E-state index in [1.165, 1.54) is 5.56 Å². The molecular weight excluding hydrogens is 552 g/mol. The summed E-state index contributed by atoms with van der Waals surface area (Å²) < 4.78 is 69.3. The van der Waals surface area contributed by atoms with E-state index in [-0.39, 0.29) is 5.54 Å². The molecule has 1 atom stereocenters. The third-order valence-electron chi connectivity index (χ3n) is 5.99. The van der Waals surface area contributed by atoms with Crippen LogP contribution in [-0.4, -0.2) is 93.1 Å². The molecule has 0 saturated carbocycles. The second-order valence-electron chi connectivity index (χ2n) is 9.10. The van der Waals surface area contributed by atoms with E-state index in [1.54, 1.807) is 18.3 Å². The Kier molecular flexibility index (Phi) is 10.8. The maximum atomic E-state index is 10.6. The molecule has 0 radical (unpaired) electrons. The van der Waals surface area contributed by atoms with Gasteiger partial charge in [0.1, 0.15) is 6.07 Å². The van der Waals surface area contributed by atoms with Crippen LogP contribution in [0.2, 0.25) is 0 Å². The number of aromatic nitrogens is 2. The molecule has 2 N–H and O–H groups in total. The van der Waals surface area contributed by atoms with Gasteiger partial charge < -0.3 is 14.9 Å². The highest BCUT2D eigenvalue weighted by molar-refractivity contribution is 5.73. The number of ether oxygens (including phenoxy) is 1. The predicted molar refractivity (Wildman–Crippen MR) is 125 cm³/mol. The Hall–Kier alpha value is -3.97. The zero-order valence-corrected chi connectivity index (χ0v) is 21.0. The number of pyridine rings is 2. The molecule has 0 aliphatic carbocycles. The molecular formula is C24H25F6N5O5. The first-order chi connectivity index (χ1) is 18.6. The Labute approximate surface area is 224 Å². The van der Waals surface area contributed by atoms with Crippen LogP contribution in [-0.2, 0) is 16.1 Å². The van der Waals surface area contributed by atoms with E-state index in [1.807, 2.05) is 18.5 Å². The minimum Gasteiger partial charge on any atom is -0.477 e. The average molecular weight is 577 g/mol. The number of nitrogens with zero attached hydrogens (tertiary/aromatic N) is 5. The summed E-state index contributed by atoms with van der Waals surface area (Å²) in [7, 11) is 2.22. The first-order valence-electron chi connectivity index (χ1n) is 11.5. The van der Waals surface area contributed by atoms with Gasteiger partial charge in [-0.25, -0.2) is 14.6 Å². The quantitative estimate of drug-likeness (QED) is 0.509. The van der Waals surface area contributed by atoms with Gasteiger partial charge in [-0.15, -0.1) is 0 Å². The molecule has 0 bridgehead atoms. The monoisotopic (exact) mass is 577 g/mol. The van der Waals surface area contributed by atoms with Crippen LogP contribution in [0.4, 0.5) is 26.3 Å². The molecule has 2 aliphatic rings. The molecule has 218 valence electrons. The van der Waals surface area contributed by atoms with Gasteiger partial charge in [0.05, 0.1) is 12.2 Å². The molecule has 0 aromatic carbocycles. The standard InChI is InChI=1S/C20H23N5O.2C2HF3O2/c1-24-11-18(13-26-19-5-4-16(8-21)10-23-19)7-20(24)14-25(15-20)12-17-3-2-6-22-9-17;2*3-2(4,5)1(6)7/h2-6,9-10,18H,7,11-15H2,1H3;2*(H,6,7). The lowest BCUT2D eigenvalue weighted by Crippen LogP contribution is -2.66. The maximum Gasteiger partial charge on any atom is 0.490 e. The lowest BCUT2D eigenvalue weighted by atomic mass is 9.84.